The quantitative estimate of drug-likeness (QED) is 0.0195. The third-order valence-corrected chi connectivity index (χ3v) is 19.9. The van der Waals surface area contributed by atoms with Crippen LogP contribution in [0.15, 0.2) is 85.1 Å². The number of hydrogen-bond donors (Lipinski definition) is 0. The summed E-state index contributed by atoms with van der Waals surface area (Å²) in [7, 11) is 5.95. The zero-order chi connectivity index (χ0) is 73.9. The number of esters is 2. The van der Waals surface area contributed by atoms with E-state index in [0.29, 0.717) is 23.9 Å². The highest BCUT2D eigenvalue weighted by Crippen LogP contribution is 2.21. The number of ether oxygens (including phenoxy) is 4. The number of allylic oxidation sites excluding steroid dienone is 14. The van der Waals surface area contributed by atoms with E-state index in [4.69, 9.17) is 18.9 Å². The lowest BCUT2D eigenvalue weighted by molar-refractivity contribution is -0.870. The van der Waals surface area contributed by atoms with E-state index in [2.05, 4.69) is 98.9 Å². The molecule has 0 aromatic heterocycles. The van der Waals surface area contributed by atoms with Crippen LogP contribution in [0, 0.1) is 0 Å². The van der Waals surface area contributed by atoms with Crippen LogP contribution in [-0.2, 0) is 33.3 Å². The zero-order valence-corrected chi connectivity index (χ0v) is 68.2. The maximum absolute atomic E-state index is 13.0. The molecule has 0 bridgehead atoms. The van der Waals surface area contributed by atoms with Crippen molar-refractivity contribution in [2.75, 3.05) is 47.5 Å². The maximum atomic E-state index is 13.0. The third kappa shape index (κ3) is 83.7. The van der Waals surface area contributed by atoms with Crippen LogP contribution in [0.2, 0.25) is 0 Å². The van der Waals surface area contributed by atoms with Crippen molar-refractivity contribution in [2.45, 2.75) is 444 Å². The Morgan fingerprint density at radius 1 is 0.304 bits per heavy atom. The number of likely N-dealkylation sites (N-methyl/N-ethyl adjacent to an activating group) is 1. The fourth-order valence-corrected chi connectivity index (χ4v) is 13.2. The summed E-state index contributed by atoms with van der Waals surface area (Å²) in [6.07, 6.45) is 112. The average molecular weight is 1430 g/mol. The number of carbonyl (C=O) groups is 3. The number of rotatable bonds is 83. The molecular weight excluding hydrogens is 1260 g/mol. The van der Waals surface area contributed by atoms with Crippen LogP contribution in [0.3, 0.4) is 0 Å². The van der Waals surface area contributed by atoms with Crippen LogP contribution in [0.4, 0.5) is 0 Å². The third-order valence-electron chi connectivity index (χ3n) is 19.9. The van der Waals surface area contributed by atoms with Gasteiger partial charge in [-0.2, -0.15) is 0 Å². The molecule has 9 nitrogen and oxygen atoms in total. The Kier molecular flexibility index (Phi) is 80.2. The Morgan fingerprint density at radius 2 is 0.559 bits per heavy atom. The van der Waals surface area contributed by atoms with Gasteiger partial charge in [0, 0.05) is 12.8 Å². The minimum atomic E-state index is -1.62. The van der Waals surface area contributed by atoms with E-state index in [1.54, 1.807) is 0 Å². The summed E-state index contributed by atoms with van der Waals surface area (Å²) in [4.78, 5) is 37.7. The molecule has 0 radical (unpaired) electrons. The number of hydrogen-bond acceptors (Lipinski definition) is 8. The second-order valence-corrected chi connectivity index (χ2v) is 31.2. The van der Waals surface area contributed by atoms with Crippen LogP contribution in [0.1, 0.15) is 431 Å². The average Bonchev–Trinajstić information content (AvgIpc) is 0.997. The number of aliphatic carboxylic acids is 1. The number of unbranched alkanes of at least 4 members (excludes halogenated alkanes) is 54. The van der Waals surface area contributed by atoms with E-state index < -0.39 is 24.3 Å². The van der Waals surface area contributed by atoms with Gasteiger partial charge in [0.05, 0.1) is 40.3 Å². The van der Waals surface area contributed by atoms with E-state index >= 15 is 0 Å². The molecule has 594 valence electrons. The molecule has 0 aliphatic carbocycles. The minimum absolute atomic E-state index is 0.149. The molecule has 0 aliphatic heterocycles. The monoisotopic (exact) mass is 1430 g/mol. The van der Waals surface area contributed by atoms with Gasteiger partial charge in [-0.3, -0.25) is 9.59 Å². The Bertz CT molecular complexity index is 1960. The van der Waals surface area contributed by atoms with Gasteiger partial charge in [0.25, 0.3) is 0 Å². The molecule has 2 unspecified atom stereocenters. The minimum Gasteiger partial charge on any atom is -0.545 e. The number of carbonyl (C=O) groups excluding carboxylic acids is 3. The molecule has 0 saturated carbocycles. The largest absolute Gasteiger partial charge is 0.545 e. The van der Waals surface area contributed by atoms with E-state index in [0.717, 1.165) is 77.0 Å². The van der Waals surface area contributed by atoms with Gasteiger partial charge in [-0.15, -0.1) is 0 Å². The second kappa shape index (κ2) is 83.1. The number of quaternary nitrogens is 1. The highest BCUT2D eigenvalue weighted by molar-refractivity contribution is 5.70. The van der Waals surface area contributed by atoms with E-state index in [9.17, 15) is 19.5 Å². The Balaban J connectivity index is 3.94. The van der Waals surface area contributed by atoms with Crippen molar-refractivity contribution in [1.29, 1.82) is 0 Å². The van der Waals surface area contributed by atoms with Crippen molar-refractivity contribution >= 4 is 17.9 Å². The molecule has 0 aliphatic rings. The fraction of sp³-hybridized carbons (Fsp3) is 0.817. The molecule has 9 heteroatoms. The lowest BCUT2D eigenvalue weighted by Crippen LogP contribution is -2.44. The van der Waals surface area contributed by atoms with Gasteiger partial charge in [0.15, 0.2) is 12.4 Å². The van der Waals surface area contributed by atoms with Crippen molar-refractivity contribution in [1.82, 2.24) is 0 Å². The van der Waals surface area contributed by atoms with Crippen LogP contribution < -0.4 is 5.11 Å². The summed E-state index contributed by atoms with van der Waals surface area (Å²) < 4.78 is 22.9. The topological polar surface area (TPSA) is 111 Å². The first-order valence-corrected chi connectivity index (χ1v) is 44.2. The standard InChI is InChI=1S/C93H169NO8/c1-6-8-10-12-14-16-18-20-22-24-26-28-30-32-34-36-38-40-42-44-46-48-50-52-54-56-58-60-62-64-66-68-70-72-74-76-78-80-82-84-91(96)102-89(88-101-93(92(97)98)99-86-85-94(3,4)5)87-100-90(95)83-81-79-77-75-73-71-69-67-65-63-61-59-57-55-53-51-49-47-45-43-41-39-37-35-33-31-29-27-25-23-21-19-17-15-13-11-9-7-2/h8,10,14,16,20,22,26,28,32,34,38,40,44,46,89,93H,6-7,9,11-13,15,17-19,21,23-25,27,29-31,33,35-37,39,41-43,45,47-88H2,1-5H3/b10-8-,16-14-,22-20-,28-26-,34-32-,40-38-,46-44-. The SMILES string of the molecule is CC/C=C\C/C=C\C/C=C\C/C=C\C/C=C\C/C=C\C/C=C\CCCCCCCCCCCCCCCCCCCC(=O)OC(COC(=O)CCCCCCCCCCCCCCCCCCCCCCCCCCCCCCCCCCCCCCCC)COC(OCC[N+](C)(C)C)C(=O)[O-]. The molecule has 2 atom stereocenters. The van der Waals surface area contributed by atoms with E-state index in [1.165, 1.54) is 321 Å². The molecule has 0 N–H and O–H groups in total. The number of carboxylic acids is 1. The van der Waals surface area contributed by atoms with Crippen LogP contribution >= 0.6 is 0 Å². The molecule has 0 heterocycles. The molecule has 0 amide bonds. The van der Waals surface area contributed by atoms with Crippen molar-refractivity contribution < 1.29 is 42.9 Å². The molecule has 0 rings (SSSR count). The summed E-state index contributed by atoms with van der Waals surface area (Å²) in [6.45, 7) is 4.71. The first kappa shape index (κ1) is 98.5. The van der Waals surface area contributed by atoms with Gasteiger partial charge >= 0.3 is 11.9 Å². The highest BCUT2D eigenvalue weighted by atomic mass is 16.7. The van der Waals surface area contributed by atoms with Gasteiger partial charge in [0.2, 0.25) is 0 Å². The smallest absolute Gasteiger partial charge is 0.306 e. The molecular formula is C93H169NO8. The van der Waals surface area contributed by atoms with Gasteiger partial charge in [-0.05, 0) is 70.6 Å². The molecule has 0 aromatic carbocycles. The van der Waals surface area contributed by atoms with E-state index in [-0.39, 0.29) is 32.2 Å². The summed E-state index contributed by atoms with van der Waals surface area (Å²) >= 11 is 0. The molecule has 0 fully saturated rings. The summed E-state index contributed by atoms with van der Waals surface area (Å²) in [5, 5.41) is 11.9. The van der Waals surface area contributed by atoms with Crippen LogP contribution in [-0.4, -0.2) is 82.3 Å². The predicted molar refractivity (Wildman–Crippen MR) is 440 cm³/mol. The summed E-state index contributed by atoms with van der Waals surface area (Å²) in [5.74, 6) is -2.25. The lowest BCUT2D eigenvalue weighted by Gasteiger charge is -2.26. The predicted octanol–water partition coefficient (Wildman–Crippen LogP) is 27.5. The van der Waals surface area contributed by atoms with Gasteiger partial charge in [-0.25, -0.2) is 0 Å². The van der Waals surface area contributed by atoms with Gasteiger partial charge < -0.3 is 33.3 Å². The molecule has 0 spiro atoms. The normalized spacial score (nSPS) is 13.0. The number of nitrogens with zero attached hydrogens (tertiary/aromatic N) is 1. The van der Waals surface area contributed by atoms with Crippen molar-refractivity contribution in [2.24, 2.45) is 0 Å². The first-order chi connectivity index (χ1) is 50.1. The number of carboxylic acid groups (broad SMARTS) is 1. The Labute approximate surface area is 633 Å². The van der Waals surface area contributed by atoms with Crippen LogP contribution in [0.25, 0.3) is 0 Å². The molecule has 0 aromatic rings. The van der Waals surface area contributed by atoms with Gasteiger partial charge in [0.1, 0.15) is 13.2 Å². The molecule has 102 heavy (non-hydrogen) atoms. The van der Waals surface area contributed by atoms with E-state index in [1.807, 2.05) is 21.1 Å². The van der Waals surface area contributed by atoms with Crippen molar-refractivity contribution in [3.05, 3.63) is 85.1 Å². The molecule has 0 saturated heterocycles. The van der Waals surface area contributed by atoms with Crippen LogP contribution in [0.5, 0.6) is 0 Å². The van der Waals surface area contributed by atoms with Gasteiger partial charge in [-0.1, -0.05) is 433 Å². The zero-order valence-electron chi connectivity index (χ0n) is 68.2. The first-order valence-electron chi connectivity index (χ1n) is 44.2. The highest BCUT2D eigenvalue weighted by Gasteiger charge is 2.22. The van der Waals surface area contributed by atoms with Crippen molar-refractivity contribution in [3.8, 4) is 0 Å². The lowest BCUT2D eigenvalue weighted by atomic mass is 10.0. The Morgan fingerprint density at radius 3 is 0.833 bits per heavy atom. The maximum Gasteiger partial charge on any atom is 0.306 e. The summed E-state index contributed by atoms with van der Waals surface area (Å²) in [6, 6.07) is 0. The fourth-order valence-electron chi connectivity index (χ4n) is 13.2. The summed E-state index contributed by atoms with van der Waals surface area (Å²) in [5.41, 5.74) is 0. The van der Waals surface area contributed by atoms with Crippen molar-refractivity contribution in [3.63, 3.8) is 0 Å². The second-order valence-electron chi connectivity index (χ2n) is 31.2. The Hall–Kier alpha value is -3.53.